The van der Waals surface area contributed by atoms with Crippen LogP contribution in [0.25, 0.3) is 0 Å². The molecule has 0 aromatic heterocycles. The van der Waals surface area contributed by atoms with Crippen LogP contribution in [0, 0.1) is 13.8 Å². The average molecular weight is 240 g/mol. The fraction of sp³-hybridized carbons (Fsp3) is 0.133. The number of hydrogen-bond donors (Lipinski definition) is 2. The van der Waals surface area contributed by atoms with Gasteiger partial charge in [0.2, 0.25) is 0 Å². The molecule has 3 heteroatoms. The first-order chi connectivity index (χ1) is 8.65. The van der Waals surface area contributed by atoms with E-state index in [-0.39, 0.29) is 5.75 Å². The smallest absolute Gasteiger partial charge is 0.116 e. The third-order valence-electron chi connectivity index (χ3n) is 2.78. The van der Waals surface area contributed by atoms with Crippen molar-refractivity contribution >= 4 is 11.9 Å². The Labute approximate surface area is 107 Å². The van der Waals surface area contributed by atoms with Crippen molar-refractivity contribution in [2.75, 3.05) is 5.43 Å². The quantitative estimate of drug-likeness (QED) is 0.637. The van der Waals surface area contributed by atoms with Gasteiger partial charge in [0, 0.05) is 0 Å². The Hall–Kier alpha value is -2.29. The van der Waals surface area contributed by atoms with Crippen molar-refractivity contribution in [1.29, 1.82) is 0 Å². The summed E-state index contributed by atoms with van der Waals surface area (Å²) >= 11 is 0. The van der Waals surface area contributed by atoms with Crippen LogP contribution in [0.5, 0.6) is 5.75 Å². The van der Waals surface area contributed by atoms with E-state index in [0.29, 0.717) is 0 Å². The molecule has 0 aliphatic carbocycles. The topological polar surface area (TPSA) is 44.6 Å². The zero-order chi connectivity index (χ0) is 13.0. The molecule has 0 fully saturated rings. The maximum Gasteiger partial charge on any atom is 0.116 e. The first-order valence-electron chi connectivity index (χ1n) is 5.80. The number of hydrazone groups is 1. The third kappa shape index (κ3) is 3.10. The summed E-state index contributed by atoms with van der Waals surface area (Å²) < 4.78 is 0. The Balaban J connectivity index is 2.05. The molecule has 0 heterocycles. The maximum absolute atomic E-state index is 9.31. The van der Waals surface area contributed by atoms with Gasteiger partial charge in [-0.15, -0.1) is 0 Å². The highest BCUT2D eigenvalue weighted by molar-refractivity contribution is 5.80. The fourth-order valence-corrected chi connectivity index (χ4v) is 1.60. The standard InChI is InChI=1S/C15H16N2O/c1-11-6-7-14(8-12(11)2)17-16-10-13-4-3-5-15(18)9-13/h3-10,17-18H,1-2H3. The summed E-state index contributed by atoms with van der Waals surface area (Å²) in [5.74, 6) is 0.241. The first-order valence-corrected chi connectivity index (χ1v) is 5.80. The number of nitrogens with one attached hydrogen (secondary N) is 1. The zero-order valence-electron chi connectivity index (χ0n) is 10.5. The van der Waals surface area contributed by atoms with Crippen molar-refractivity contribution in [3.63, 3.8) is 0 Å². The van der Waals surface area contributed by atoms with Crippen LogP contribution in [0.15, 0.2) is 47.6 Å². The lowest BCUT2D eigenvalue weighted by Crippen LogP contribution is -1.92. The Morgan fingerprint density at radius 3 is 2.61 bits per heavy atom. The van der Waals surface area contributed by atoms with Gasteiger partial charge in [-0.05, 0) is 54.8 Å². The molecule has 0 radical (unpaired) electrons. The van der Waals surface area contributed by atoms with Crippen LogP contribution in [-0.2, 0) is 0 Å². The number of nitrogens with zero attached hydrogens (tertiary/aromatic N) is 1. The maximum atomic E-state index is 9.31. The van der Waals surface area contributed by atoms with E-state index in [1.807, 2.05) is 12.1 Å². The number of benzene rings is 2. The molecule has 0 spiro atoms. The summed E-state index contributed by atoms with van der Waals surface area (Å²) in [7, 11) is 0. The van der Waals surface area contributed by atoms with Crippen LogP contribution in [0.4, 0.5) is 5.69 Å². The SMILES string of the molecule is Cc1ccc(NN=Cc2cccc(O)c2)cc1C. The third-order valence-corrected chi connectivity index (χ3v) is 2.78. The second-order valence-corrected chi connectivity index (χ2v) is 4.26. The second kappa shape index (κ2) is 5.36. The van der Waals surface area contributed by atoms with Crippen molar-refractivity contribution < 1.29 is 5.11 Å². The molecule has 0 bridgehead atoms. The lowest BCUT2D eigenvalue weighted by molar-refractivity contribution is 0.475. The molecule has 3 nitrogen and oxygen atoms in total. The predicted octanol–water partition coefficient (Wildman–Crippen LogP) is 3.46. The number of phenolic OH excluding ortho intramolecular Hbond substituents is 1. The number of anilines is 1. The van der Waals surface area contributed by atoms with Gasteiger partial charge in [-0.2, -0.15) is 5.10 Å². The Morgan fingerprint density at radius 1 is 1.06 bits per heavy atom. The molecule has 2 rings (SSSR count). The van der Waals surface area contributed by atoms with Crippen molar-refractivity contribution in [1.82, 2.24) is 0 Å². The van der Waals surface area contributed by atoms with Crippen LogP contribution in [0.1, 0.15) is 16.7 Å². The summed E-state index contributed by atoms with van der Waals surface area (Å²) in [4.78, 5) is 0. The van der Waals surface area contributed by atoms with Crippen molar-refractivity contribution in [2.45, 2.75) is 13.8 Å². The van der Waals surface area contributed by atoms with Crippen molar-refractivity contribution in [3.8, 4) is 5.75 Å². The summed E-state index contributed by atoms with van der Waals surface area (Å²) in [5.41, 5.74) is 7.27. The van der Waals surface area contributed by atoms with E-state index in [9.17, 15) is 5.11 Å². The van der Waals surface area contributed by atoms with Gasteiger partial charge in [0.15, 0.2) is 0 Å². The minimum Gasteiger partial charge on any atom is -0.508 e. The summed E-state index contributed by atoms with van der Waals surface area (Å²) in [6.45, 7) is 4.15. The van der Waals surface area contributed by atoms with Gasteiger partial charge in [0.25, 0.3) is 0 Å². The van der Waals surface area contributed by atoms with Gasteiger partial charge in [0.1, 0.15) is 5.75 Å². The number of phenols is 1. The molecular weight excluding hydrogens is 224 g/mol. The second-order valence-electron chi connectivity index (χ2n) is 4.26. The predicted molar refractivity (Wildman–Crippen MR) is 75.2 cm³/mol. The minimum atomic E-state index is 0.241. The highest BCUT2D eigenvalue weighted by atomic mass is 16.3. The largest absolute Gasteiger partial charge is 0.508 e. The molecule has 0 saturated heterocycles. The fourth-order valence-electron chi connectivity index (χ4n) is 1.60. The molecule has 2 aromatic rings. The summed E-state index contributed by atoms with van der Waals surface area (Å²) in [6, 6.07) is 13.1. The molecule has 2 aromatic carbocycles. The molecule has 0 aliphatic heterocycles. The van der Waals surface area contributed by atoms with E-state index in [4.69, 9.17) is 0 Å². The van der Waals surface area contributed by atoms with Crippen LogP contribution in [0.2, 0.25) is 0 Å². The zero-order valence-corrected chi connectivity index (χ0v) is 10.5. The molecule has 0 aliphatic rings. The monoisotopic (exact) mass is 240 g/mol. The molecule has 18 heavy (non-hydrogen) atoms. The molecule has 0 atom stereocenters. The lowest BCUT2D eigenvalue weighted by Gasteiger charge is -2.04. The van der Waals surface area contributed by atoms with E-state index in [0.717, 1.165) is 11.3 Å². The van der Waals surface area contributed by atoms with E-state index < -0.39 is 0 Å². The lowest BCUT2D eigenvalue weighted by atomic mass is 10.1. The highest BCUT2D eigenvalue weighted by Crippen LogP contribution is 2.14. The normalized spacial score (nSPS) is 10.8. The van der Waals surface area contributed by atoms with Gasteiger partial charge < -0.3 is 5.11 Å². The highest BCUT2D eigenvalue weighted by Gasteiger charge is 1.94. The van der Waals surface area contributed by atoms with E-state index in [1.165, 1.54) is 11.1 Å². The molecule has 92 valence electrons. The molecular formula is C15H16N2O. The van der Waals surface area contributed by atoms with E-state index in [1.54, 1.807) is 24.4 Å². The van der Waals surface area contributed by atoms with Gasteiger partial charge in [-0.1, -0.05) is 18.2 Å². The summed E-state index contributed by atoms with van der Waals surface area (Å²) in [6.07, 6.45) is 1.68. The minimum absolute atomic E-state index is 0.241. The number of aryl methyl sites for hydroxylation is 2. The van der Waals surface area contributed by atoms with Crippen molar-refractivity contribution in [2.24, 2.45) is 5.10 Å². The van der Waals surface area contributed by atoms with Gasteiger partial charge >= 0.3 is 0 Å². The molecule has 0 amide bonds. The molecule has 2 N–H and O–H groups in total. The Kier molecular flexibility index (Phi) is 3.63. The summed E-state index contributed by atoms with van der Waals surface area (Å²) in [5, 5.41) is 13.5. The van der Waals surface area contributed by atoms with Gasteiger partial charge in [0.05, 0.1) is 11.9 Å². The van der Waals surface area contributed by atoms with E-state index >= 15 is 0 Å². The number of aromatic hydroxyl groups is 1. The van der Waals surface area contributed by atoms with Gasteiger partial charge in [-0.25, -0.2) is 0 Å². The van der Waals surface area contributed by atoms with E-state index in [2.05, 4.69) is 36.5 Å². The number of hydrogen-bond acceptors (Lipinski definition) is 3. The van der Waals surface area contributed by atoms with Crippen LogP contribution in [0.3, 0.4) is 0 Å². The van der Waals surface area contributed by atoms with Crippen molar-refractivity contribution in [3.05, 3.63) is 59.2 Å². The first kappa shape index (κ1) is 12.2. The van der Waals surface area contributed by atoms with Gasteiger partial charge in [-0.3, -0.25) is 5.43 Å². The number of rotatable bonds is 3. The molecule has 0 unspecified atom stereocenters. The average Bonchev–Trinajstić information content (AvgIpc) is 2.34. The van der Waals surface area contributed by atoms with Crippen LogP contribution >= 0.6 is 0 Å². The van der Waals surface area contributed by atoms with Crippen LogP contribution < -0.4 is 5.43 Å². The molecule has 0 saturated carbocycles. The van der Waals surface area contributed by atoms with Crippen LogP contribution in [-0.4, -0.2) is 11.3 Å². The Morgan fingerprint density at radius 2 is 1.89 bits per heavy atom. The Bertz CT molecular complexity index is 576.